The fourth-order valence-electron chi connectivity index (χ4n) is 3.22. The van der Waals surface area contributed by atoms with Crippen molar-refractivity contribution in [2.45, 2.75) is 32.6 Å². The van der Waals surface area contributed by atoms with Gasteiger partial charge in [-0.2, -0.15) is 0 Å². The SMILES string of the molecule is CCCCNC(=O)c1cccc(C(=O)Nc2ccc(N3CCCC3)cc2)c1. The zero-order valence-corrected chi connectivity index (χ0v) is 15.8. The molecule has 2 aromatic carbocycles. The monoisotopic (exact) mass is 365 g/mol. The Hall–Kier alpha value is -2.82. The molecule has 0 saturated carbocycles. The zero-order valence-electron chi connectivity index (χ0n) is 15.8. The van der Waals surface area contributed by atoms with Crippen molar-refractivity contribution in [3.8, 4) is 0 Å². The molecule has 0 aliphatic carbocycles. The molecule has 2 amide bonds. The van der Waals surface area contributed by atoms with Crippen LogP contribution in [0.15, 0.2) is 48.5 Å². The predicted octanol–water partition coefficient (Wildman–Crippen LogP) is 4.07. The first-order valence-corrected chi connectivity index (χ1v) is 9.72. The van der Waals surface area contributed by atoms with E-state index in [0.717, 1.165) is 31.6 Å². The molecule has 1 aliphatic heterocycles. The summed E-state index contributed by atoms with van der Waals surface area (Å²) in [7, 11) is 0. The second kappa shape index (κ2) is 9.21. The lowest BCUT2D eigenvalue weighted by Crippen LogP contribution is -2.24. The van der Waals surface area contributed by atoms with Crippen molar-refractivity contribution in [3.63, 3.8) is 0 Å². The highest BCUT2D eigenvalue weighted by molar-refractivity contribution is 6.06. The number of carbonyl (C=O) groups excluding carboxylic acids is 2. The molecule has 5 nitrogen and oxygen atoms in total. The first-order chi connectivity index (χ1) is 13.2. The first-order valence-electron chi connectivity index (χ1n) is 9.72. The van der Waals surface area contributed by atoms with Crippen molar-refractivity contribution in [3.05, 3.63) is 59.7 Å². The van der Waals surface area contributed by atoms with Crippen LogP contribution in [0.4, 0.5) is 11.4 Å². The molecular weight excluding hydrogens is 338 g/mol. The zero-order chi connectivity index (χ0) is 19.1. The summed E-state index contributed by atoms with van der Waals surface area (Å²) in [6.45, 7) is 4.92. The van der Waals surface area contributed by atoms with E-state index in [-0.39, 0.29) is 11.8 Å². The number of amides is 2. The molecule has 142 valence electrons. The van der Waals surface area contributed by atoms with E-state index in [1.807, 2.05) is 24.3 Å². The number of benzene rings is 2. The third-order valence-electron chi connectivity index (χ3n) is 4.80. The topological polar surface area (TPSA) is 61.4 Å². The summed E-state index contributed by atoms with van der Waals surface area (Å²) in [5, 5.41) is 5.78. The van der Waals surface area contributed by atoms with Gasteiger partial charge in [0.25, 0.3) is 11.8 Å². The Morgan fingerprint density at radius 3 is 2.30 bits per heavy atom. The van der Waals surface area contributed by atoms with E-state index in [0.29, 0.717) is 17.7 Å². The van der Waals surface area contributed by atoms with Gasteiger partial charge >= 0.3 is 0 Å². The minimum absolute atomic E-state index is 0.145. The largest absolute Gasteiger partial charge is 0.372 e. The molecule has 2 aromatic rings. The van der Waals surface area contributed by atoms with E-state index in [1.165, 1.54) is 18.5 Å². The number of hydrogen-bond donors (Lipinski definition) is 2. The minimum atomic E-state index is -0.216. The Labute approximate surface area is 160 Å². The van der Waals surface area contributed by atoms with Crippen LogP contribution >= 0.6 is 0 Å². The fourth-order valence-corrected chi connectivity index (χ4v) is 3.22. The Balaban J connectivity index is 1.62. The van der Waals surface area contributed by atoms with Gasteiger partial charge in [-0.3, -0.25) is 9.59 Å². The number of rotatable bonds is 7. The van der Waals surface area contributed by atoms with Crippen LogP contribution in [0.2, 0.25) is 0 Å². The maximum Gasteiger partial charge on any atom is 0.255 e. The quantitative estimate of drug-likeness (QED) is 0.727. The van der Waals surface area contributed by atoms with Crippen LogP contribution in [0.1, 0.15) is 53.3 Å². The van der Waals surface area contributed by atoms with E-state index >= 15 is 0 Å². The van der Waals surface area contributed by atoms with Gasteiger partial charge in [0.1, 0.15) is 0 Å². The van der Waals surface area contributed by atoms with Gasteiger partial charge in [0, 0.05) is 42.1 Å². The number of nitrogens with zero attached hydrogens (tertiary/aromatic N) is 1. The highest BCUT2D eigenvalue weighted by Gasteiger charge is 2.13. The number of anilines is 2. The summed E-state index contributed by atoms with van der Waals surface area (Å²) in [5.41, 5.74) is 2.92. The third-order valence-corrected chi connectivity index (χ3v) is 4.80. The van der Waals surface area contributed by atoms with Gasteiger partial charge < -0.3 is 15.5 Å². The van der Waals surface area contributed by atoms with E-state index in [4.69, 9.17) is 0 Å². The average molecular weight is 365 g/mol. The third kappa shape index (κ3) is 5.09. The Morgan fingerprint density at radius 1 is 0.963 bits per heavy atom. The van der Waals surface area contributed by atoms with Gasteiger partial charge in [-0.05, 0) is 61.7 Å². The van der Waals surface area contributed by atoms with Crippen LogP contribution < -0.4 is 15.5 Å². The van der Waals surface area contributed by atoms with Gasteiger partial charge in [-0.1, -0.05) is 19.4 Å². The fraction of sp³-hybridized carbons (Fsp3) is 0.364. The first kappa shape index (κ1) is 19.0. The summed E-state index contributed by atoms with van der Waals surface area (Å²) in [5.74, 6) is -0.361. The minimum Gasteiger partial charge on any atom is -0.372 e. The second-order valence-corrected chi connectivity index (χ2v) is 6.89. The molecule has 0 unspecified atom stereocenters. The van der Waals surface area contributed by atoms with Gasteiger partial charge in [-0.25, -0.2) is 0 Å². The van der Waals surface area contributed by atoms with Gasteiger partial charge in [0.05, 0.1) is 0 Å². The molecule has 0 atom stereocenters. The summed E-state index contributed by atoms with van der Waals surface area (Å²) < 4.78 is 0. The van der Waals surface area contributed by atoms with Crippen molar-refractivity contribution in [2.75, 3.05) is 29.9 Å². The lowest BCUT2D eigenvalue weighted by Gasteiger charge is -2.17. The molecule has 5 heteroatoms. The number of hydrogen-bond acceptors (Lipinski definition) is 3. The van der Waals surface area contributed by atoms with E-state index in [2.05, 4.69) is 22.5 Å². The molecule has 27 heavy (non-hydrogen) atoms. The molecule has 1 saturated heterocycles. The molecule has 0 aromatic heterocycles. The molecule has 1 aliphatic rings. The van der Waals surface area contributed by atoms with Crippen LogP contribution in [-0.4, -0.2) is 31.4 Å². The van der Waals surface area contributed by atoms with Crippen LogP contribution in [0, 0.1) is 0 Å². The Morgan fingerprint density at radius 2 is 1.63 bits per heavy atom. The highest BCUT2D eigenvalue weighted by Crippen LogP contribution is 2.22. The molecule has 0 radical (unpaired) electrons. The summed E-state index contributed by atoms with van der Waals surface area (Å²) >= 11 is 0. The number of unbranched alkanes of at least 4 members (excludes halogenated alkanes) is 1. The predicted molar refractivity (Wildman–Crippen MR) is 110 cm³/mol. The summed E-state index contributed by atoms with van der Waals surface area (Å²) in [6.07, 6.45) is 4.44. The number of nitrogens with one attached hydrogen (secondary N) is 2. The smallest absolute Gasteiger partial charge is 0.255 e. The number of carbonyl (C=O) groups is 2. The lowest BCUT2D eigenvalue weighted by molar-refractivity contribution is 0.0953. The van der Waals surface area contributed by atoms with Crippen molar-refractivity contribution in [2.24, 2.45) is 0 Å². The highest BCUT2D eigenvalue weighted by atomic mass is 16.2. The molecule has 0 bridgehead atoms. The van der Waals surface area contributed by atoms with Crippen LogP contribution in [-0.2, 0) is 0 Å². The van der Waals surface area contributed by atoms with Gasteiger partial charge in [0.15, 0.2) is 0 Å². The summed E-state index contributed by atoms with van der Waals surface area (Å²) in [6, 6.07) is 14.7. The average Bonchev–Trinajstić information content (AvgIpc) is 3.23. The maximum atomic E-state index is 12.5. The van der Waals surface area contributed by atoms with Crippen molar-refractivity contribution < 1.29 is 9.59 Å². The molecular formula is C22H27N3O2. The van der Waals surface area contributed by atoms with Crippen molar-refractivity contribution in [1.82, 2.24) is 5.32 Å². The van der Waals surface area contributed by atoms with Gasteiger partial charge in [0.2, 0.25) is 0 Å². The van der Waals surface area contributed by atoms with Crippen molar-refractivity contribution in [1.29, 1.82) is 0 Å². The van der Waals surface area contributed by atoms with Crippen LogP contribution in [0.3, 0.4) is 0 Å². The Kier molecular flexibility index (Phi) is 6.47. The van der Waals surface area contributed by atoms with E-state index in [1.54, 1.807) is 24.3 Å². The van der Waals surface area contributed by atoms with Gasteiger partial charge in [-0.15, -0.1) is 0 Å². The standard InChI is InChI=1S/C22H27N3O2/c1-2-3-13-23-21(26)17-7-6-8-18(16-17)22(27)24-19-9-11-20(12-10-19)25-14-4-5-15-25/h6-12,16H,2-5,13-15H2,1H3,(H,23,26)(H,24,27). The van der Waals surface area contributed by atoms with E-state index < -0.39 is 0 Å². The normalized spacial score (nSPS) is 13.4. The molecule has 1 heterocycles. The van der Waals surface area contributed by atoms with Crippen LogP contribution in [0.25, 0.3) is 0 Å². The van der Waals surface area contributed by atoms with E-state index in [9.17, 15) is 9.59 Å². The maximum absolute atomic E-state index is 12.5. The summed E-state index contributed by atoms with van der Waals surface area (Å²) in [4.78, 5) is 27.1. The molecule has 0 spiro atoms. The molecule has 3 rings (SSSR count). The molecule has 1 fully saturated rings. The second-order valence-electron chi connectivity index (χ2n) is 6.89. The Bertz CT molecular complexity index is 780. The lowest BCUT2D eigenvalue weighted by atomic mass is 10.1. The van der Waals surface area contributed by atoms with Crippen molar-refractivity contribution >= 4 is 23.2 Å². The molecule has 2 N–H and O–H groups in total. The van der Waals surface area contributed by atoms with Crippen LogP contribution in [0.5, 0.6) is 0 Å².